The van der Waals surface area contributed by atoms with Crippen LogP contribution in [0, 0.1) is 0 Å². The maximum atomic E-state index is 9.99. The van der Waals surface area contributed by atoms with E-state index in [4.69, 9.17) is 0 Å². The molecule has 17 heavy (non-hydrogen) atoms. The van der Waals surface area contributed by atoms with Crippen LogP contribution >= 0.6 is 0 Å². The number of hydrogen-bond donors (Lipinski definition) is 2. The molecule has 0 amide bonds. The number of nitrogens with one attached hydrogen (secondary N) is 1. The smallest absolute Gasteiger partial charge is 0.0693 e. The van der Waals surface area contributed by atoms with E-state index in [9.17, 15) is 5.11 Å². The minimum absolute atomic E-state index is 0.121. The Bertz CT molecular complexity index is 236. The molecule has 2 rings (SSSR count). The number of likely N-dealkylation sites (N-methyl/N-ethyl adjacent to an activating group) is 1. The van der Waals surface area contributed by atoms with Crippen LogP contribution in [-0.2, 0) is 0 Å². The molecule has 2 atom stereocenters. The monoisotopic (exact) mass is 240 g/mol. The number of nitrogens with zero attached hydrogens (tertiary/aromatic N) is 1. The molecule has 2 aliphatic carbocycles. The number of aliphatic hydroxyl groups is 1. The van der Waals surface area contributed by atoms with E-state index in [2.05, 4.69) is 24.3 Å². The van der Waals surface area contributed by atoms with Gasteiger partial charge in [-0.15, -0.1) is 0 Å². The lowest BCUT2D eigenvalue weighted by Crippen LogP contribution is -2.54. The van der Waals surface area contributed by atoms with E-state index >= 15 is 0 Å². The molecule has 0 aromatic carbocycles. The summed E-state index contributed by atoms with van der Waals surface area (Å²) >= 11 is 0. The number of rotatable bonds is 4. The maximum absolute atomic E-state index is 9.99. The lowest BCUT2D eigenvalue weighted by atomic mass is 9.90. The van der Waals surface area contributed by atoms with Gasteiger partial charge in [0.1, 0.15) is 0 Å². The normalized spacial score (nSPS) is 33.2. The molecule has 100 valence electrons. The first-order chi connectivity index (χ1) is 8.14. The minimum atomic E-state index is -0.121. The summed E-state index contributed by atoms with van der Waals surface area (Å²) in [5.74, 6) is 0. The molecule has 0 spiro atoms. The van der Waals surface area contributed by atoms with Gasteiger partial charge in [0.25, 0.3) is 0 Å². The van der Waals surface area contributed by atoms with Gasteiger partial charge in [0.15, 0.2) is 0 Å². The third-order valence-corrected chi connectivity index (χ3v) is 4.91. The predicted octanol–water partition coefficient (Wildman–Crippen LogP) is 1.75. The fourth-order valence-electron chi connectivity index (χ4n) is 3.49. The third kappa shape index (κ3) is 3.01. The van der Waals surface area contributed by atoms with Gasteiger partial charge in [-0.1, -0.05) is 25.7 Å². The van der Waals surface area contributed by atoms with Crippen molar-refractivity contribution in [3.63, 3.8) is 0 Å². The Kier molecular flexibility index (Phi) is 4.45. The first-order valence-corrected chi connectivity index (χ1v) is 7.23. The Hall–Kier alpha value is -0.120. The van der Waals surface area contributed by atoms with Crippen LogP contribution in [-0.4, -0.2) is 48.3 Å². The fraction of sp³-hybridized carbons (Fsp3) is 1.00. The summed E-state index contributed by atoms with van der Waals surface area (Å²) in [6.45, 7) is 1.04. The van der Waals surface area contributed by atoms with Crippen LogP contribution in [0.4, 0.5) is 0 Å². The molecule has 2 saturated carbocycles. The topological polar surface area (TPSA) is 35.5 Å². The third-order valence-electron chi connectivity index (χ3n) is 4.91. The van der Waals surface area contributed by atoms with E-state index in [1.165, 1.54) is 38.5 Å². The highest BCUT2D eigenvalue weighted by Gasteiger charge is 2.36. The maximum Gasteiger partial charge on any atom is 0.0693 e. The summed E-state index contributed by atoms with van der Waals surface area (Å²) in [6.07, 6.45) is 9.77. The van der Waals surface area contributed by atoms with Crippen molar-refractivity contribution in [1.82, 2.24) is 10.2 Å². The molecule has 2 aliphatic rings. The van der Waals surface area contributed by atoms with E-state index < -0.39 is 0 Å². The lowest BCUT2D eigenvalue weighted by molar-refractivity contribution is 0.0750. The minimum Gasteiger partial charge on any atom is -0.392 e. The fourth-order valence-corrected chi connectivity index (χ4v) is 3.49. The van der Waals surface area contributed by atoms with Gasteiger partial charge >= 0.3 is 0 Å². The molecule has 3 heteroatoms. The van der Waals surface area contributed by atoms with Crippen molar-refractivity contribution in [3.8, 4) is 0 Å². The van der Waals surface area contributed by atoms with E-state index in [-0.39, 0.29) is 6.10 Å². The highest BCUT2D eigenvalue weighted by atomic mass is 16.3. The average molecular weight is 240 g/mol. The van der Waals surface area contributed by atoms with Crippen molar-refractivity contribution in [2.24, 2.45) is 0 Å². The Morgan fingerprint density at radius 3 is 2.35 bits per heavy atom. The van der Waals surface area contributed by atoms with Crippen molar-refractivity contribution in [1.29, 1.82) is 0 Å². The van der Waals surface area contributed by atoms with Gasteiger partial charge in [0, 0.05) is 18.1 Å². The summed E-state index contributed by atoms with van der Waals surface area (Å²) in [7, 11) is 4.40. The molecule has 0 aromatic heterocycles. The van der Waals surface area contributed by atoms with Crippen LogP contribution in [0.5, 0.6) is 0 Å². The van der Waals surface area contributed by atoms with Gasteiger partial charge < -0.3 is 15.3 Å². The SMILES string of the molecule is CN(C)C1(CNC2CCCCC2O)CCCC1. The first-order valence-electron chi connectivity index (χ1n) is 7.23. The Labute approximate surface area is 106 Å². The molecule has 0 bridgehead atoms. The quantitative estimate of drug-likeness (QED) is 0.786. The van der Waals surface area contributed by atoms with E-state index in [1.54, 1.807) is 0 Å². The molecular weight excluding hydrogens is 212 g/mol. The number of aliphatic hydroxyl groups excluding tert-OH is 1. The van der Waals surface area contributed by atoms with Gasteiger partial charge in [0.05, 0.1) is 6.10 Å². The highest BCUT2D eigenvalue weighted by molar-refractivity contribution is 4.96. The molecule has 0 aliphatic heterocycles. The Morgan fingerprint density at radius 2 is 1.76 bits per heavy atom. The molecular formula is C14H28N2O. The molecule has 2 fully saturated rings. The molecule has 3 nitrogen and oxygen atoms in total. The molecule has 0 aromatic rings. The van der Waals surface area contributed by atoms with Crippen molar-refractivity contribution < 1.29 is 5.11 Å². The zero-order valence-corrected chi connectivity index (χ0v) is 11.4. The summed E-state index contributed by atoms with van der Waals surface area (Å²) in [6, 6.07) is 0.334. The van der Waals surface area contributed by atoms with Crippen LogP contribution in [0.2, 0.25) is 0 Å². The van der Waals surface area contributed by atoms with Gasteiger partial charge in [-0.3, -0.25) is 0 Å². The molecule has 0 radical (unpaired) electrons. The second-order valence-corrected chi connectivity index (χ2v) is 6.17. The standard InChI is InChI=1S/C14H28N2O/c1-16(2)14(9-5-6-10-14)11-15-12-7-3-4-8-13(12)17/h12-13,15,17H,3-11H2,1-2H3. The van der Waals surface area contributed by atoms with Crippen LogP contribution in [0.15, 0.2) is 0 Å². The molecule has 0 heterocycles. The summed E-state index contributed by atoms with van der Waals surface area (Å²) < 4.78 is 0. The molecule has 0 saturated heterocycles. The molecule has 2 N–H and O–H groups in total. The average Bonchev–Trinajstić information content (AvgIpc) is 2.78. The van der Waals surface area contributed by atoms with Crippen molar-refractivity contribution in [2.45, 2.75) is 69.1 Å². The Balaban J connectivity index is 1.86. The zero-order chi connectivity index (χ0) is 12.3. The van der Waals surface area contributed by atoms with E-state index in [0.29, 0.717) is 11.6 Å². The highest BCUT2D eigenvalue weighted by Crippen LogP contribution is 2.33. The van der Waals surface area contributed by atoms with Gasteiger partial charge in [0.2, 0.25) is 0 Å². The Morgan fingerprint density at radius 1 is 1.12 bits per heavy atom. The summed E-state index contributed by atoms with van der Waals surface area (Å²) in [5.41, 5.74) is 0.344. The lowest BCUT2D eigenvalue weighted by Gasteiger charge is -2.39. The first kappa shape index (κ1) is 13.3. The van der Waals surface area contributed by atoms with Crippen LogP contribution in [0.1, 0.15) is 51.4 Å². The van der Waals surface area contributed by atoms with Crippen molar-refractivity contribution in [2.75, 3.05) is 20.6 Å². The van der Waals surface area contributed by atoms with Crippen LogP contribution in [0.3, 0.4) is 0 Å². The van der Waals surface area contributed by atoms with Crippen molar-refractivity contribution in [3.05, 3.63) is 0 Å². The van der Waals surface area contributed by atoms with E-state index in [1.807, 2.05) is 0 Å². The number of hydrogen-bond acceptors (Lipinski definition) is 3. The summed E-state index contributed by atoms with van der Waals surface area (Å²) in [4.78, 5) is 2.39. The van der Waals surface area contributed by atoms with Gasteiger partial charge in [-0.05, 0) is 39.8 Å². The van der Waals surface area contributed by atoms with E-state index in [0.717, 1.165) is 19.4 Å². The van der Waals surface area contributed by atoms with Crippen molar-refractivity contribution >= 4 is 0 Å². The largest absolute Gasteiger partial charge is 0.392 e. The van der Waals surface area contributed by atoms with Gasteiger partial charge in [-0.25, -0.2) is 0 Å². The zero-order valence-electron chi connectivity index (χ0n) is 11.4. The summed E-state index contributed by atoms with van der Waals surface area (Å²) in [5, 5.41) is 13.6. The predicted molar refractivity (Wildman–Crippen MR) is 71.2 cm³/mol. The van der Waals surface area contributed by atoms with Gasteiger partial charge in [-0.2, -0.15) is 0 Å². The molecule has 2 unspecified atom stereocenters. The second kappa shape index (κ2) is 5.68. The van der Waals surface area contributed by atoms with Crippen LogP contribution in [0.25, 0.3) is 0 Å². The second-order valence-electron chi connectivity index (χ2n) is 6.17. The van der Waals surface area contributed by atoms with Crippen LogP contribution < -0.4 is 5.32 Å².